The smallest absolute Gasteiger partial charge is 0.185 e. The van der Waals surface area contributed by atoms with Crippen molar-refractivity contribution < 1.29 is 4.74 Å². The summed E-state index contributed by atoms with van der Waals surface area (Å²) in [4.78, 5) is 8.16. The van der Waals surface area contributed by atoms with Crippen LogP contribution in [0.15, 0.2) is 6.20 Å². The Morgan fingerprint density at radius 2 is 2.39 bits per heavy atom. The molecule has 1 N–H and O–H groups in total. The monoisotopic (exact) mass is 269 g/mol. The van der Waals surface area contributed by atoms with Crippen molar-refractivity contribution in [3.63, 3.8) is 0 Å². The van der Waals surface area contributed by atoms with Crippen molar-refractivity contribution in [1.82, 2.24) is 10.3 Å². The molecule has 0 aromatic carbocycles. The van der Waals surface area contributed by atoms with Crippen molar-refractivity contribution in [1.29, 1.82) is 0 Å². The van der Waals surface area contributed by atoms with Gasteiger partial charge in [0.15, 0.2) is 5.13 Å². The van der Waals surface area contributed by atoms with Crippen LogP contribution >= 0.6 is 11.3 Å². The SMILES string of the molecule is CCN(c1ncc(CNC2CC2)s1)C(C)COC. The van der Waals surface area contributed by atoms with Crippen LogP contribution < -0.4 is 10.2 Å². The number of nitrogens with zero attached hydrogens (tertiary/aromatic N) is 2. The van der Waals surface area contributed by atoms with Gasteiger partial charge in [0.2, 0.25) is 0 Å². The van der Waals surface area contributed by atoms with Gasteiger partial charge in [0.25, 0.3) is 0 Å². The van der Waals surface area contributed by atoms with Crippen molar-refractivity contribution in [2.75, 3.05) is 25.2 Å². The number of hydrogen-bond donors (Lipinski definition) is 1. The van der Waals surface area contributed by atoms with E-state index < -0.39 is 0 Å². The molecule has 102 valence electrons. The van der Waals surface area contributed by atoms with Gasteiger partial charge in [-0.15, -0.1) is 11.3 Å². The summed E-state index contributed by atoms with van der Waals surface area (Å²) < 4.78 is 5.22. The summed E-state index contributed by atoms with van der Waals surface area (Å²) in [5.41, 5.74) is 0. The summed E-state index contributed by atoms with van der Waals surface area (Å²) in [5, 5.41) is 4.63. The van der Waals surface area contributed by atoms with E-state index in [2.05, 4.69) is 29.0 Å². The topological polar surface area (TPSA) is 37.4 Å². The lowest BCUT2D eigenvalue weighted by Gasteiger charge is -2.26. The van der Waals surface area contributed by atoms with Crippen molar-refractivity contribution in [3.8, 4) is 0 Å². The Morgan fingerprint density at radius 1 is 1.61 bits per heavy atom. The quantitative estimate of drug-likeness (QED) is 0.785. The first-order valence-corrected chi connectivity index (χ1v) is 7.50. The van der Waals surface area contributed by atoms with Gasteiger partial charge in [-0.1, -0.05) is 0 Å². The highest BCUT2D eigenvalue weighted by atomic mass is 32.1. The Hall–Kier alpha value is -0.650. The van der Waals surface area contributed by atoms with Crippen molar-refractivity contribution in [2.45, 2.75) is 45.3 Å². The van der Waals surface area contributed by atoms with E-state index in [0.717, 1.165) is 30.9 Å². The molecule has 1 atom stereocenters. The molecule has 2 rings (SSSR count). The van der Waals surface area contributed by atoms with E-state index in [-0.39, 0.29) is 0 Å². The average molecular weight is 269 g/mol. The molecule has 4 nitrogen and oxygen atoms in total. The largest absolute Gasteiger partial charge is 0.383 e. The highest BCUT2D eigenvalue weighted by Gasteiger charge is 2.21. The van der Waals surface area contributed by atoms with Gasteiger partial charge in [-0.25, -0.2) is 4.98 Å². The first kappa shape index (κ1) is 13.8. The minimum Gasteiger partial charge on any atom is -0.383 e. The summed E-state index contributed by atoms with van der Waals surface area (Å²) in [6.07, 6.45) is 4.66. The second-order valence-corrected chi connectivity index (χ2v) is 5.95. The van der Waals surface area contributed by atoms with E-state index in [4.69, 9.17) is 4.74 Å². The lowest BCUT2D eigenvalue weighted by Crippen LogP contribution is -2.35. The Bertz CT molecular complexity index is 365. The molecule has 0 saturated heterocycles. The molecule has 1 aromatic rings. The van der Waals surface area contributed by atoms with Crippen LogP contribution in [0.25, 0.3) is 0 Å². The molecule has 0 amide bonds. The van der Waals surface area contributed by atoms with Gasteiger partial charge in [-0.2, -0.15) is 0 Å². The van der Waals surface area contributed by atoms with Crippen molar-refractivity contribution >= 4 is 16.5 Å². The van der Waals surface area contributed by atoms with Crippen molar-refractivity contribution in [2.24, 2.45) is 0 Å². The van der Waals surface area contributed by atoms with Crippen LogP contribution in [0.3, 0.4) is 0 Å². The van der Waals surface area contributed by atoms with Gasteiger partial charge in [0.05, 0.1) is 12.6 Å². The lowest BCUT2D eigenvalue weighted by molar-refractivity contribution is 0.182. The molecule has 1 heterocycles. The number of methoxy groups -OCH3 is 1. The first-order valence-electron chi connectivity index (χ1n) is 6.68. The molecule has 18 heavy (non-hydrogen) atoms. The van der Waals surface area contributed by atoms with Gasteiger partial charge >= 0.3 is 0 Å². The van der Waals surface area contributed by atoms with Crippen LogP contribution in [0, 0.1) is 0 Å². The van der Waals surface area contributed by atoms with Gasteiger partial charge in [-0.3, -0.25) is 0 Å². The summed E-state index contributed by atoms with van der Waals surface area (Å²) >= 11 is 1.79. The van der Waals surface area contributed by atoms with Crippen LogP contribution in [-0.4, -0.2) is 37.3 Å². The number of likely N-dealkylation sites (N-methyl/N-ethyl adjacent to an activating group) is 1. The van der Waals surface area contributed by atoms with E-state index in [1.54, 1.807) is 18.4 Å². The van der Waals surface area contributed by atoms with Gasteiger partial charge < -0.3 is 15.0 Å². The third-order valence-corrected chi connectivity index (χ3v) is 4.24. The number of hydrogen-bond acceptors (Lipinski definition) is 5. The van der Waals surface area contributed by atoms with Crippen LogP contribution in [0.4, 0.5) is 5.13 Å². The molecule has 0 spiro atoms. The summed E-state index contributed by atoms with van der Waals surface area (Å²) in [6, 6.07) is 1.13. The van der Waals surface area contributed by atoms with E-state index in [1.807, 2.05) is 6.20 Å². The summed E-state index contributed by atoms with van der Waals surface area (Å²) in [6.45, 7) is 7.00. The lowest BCUT2D eigenvalue weighted by atomic mass is 10.3. The minimum absolute atomic E-state index is 0.371. The second-order valence-electron chi connectivity index (χ2n) is 4.85. The maximum absolute atomic E-state index is 5.22. The van der Waals surface area contributed by atoms with E-state index >= 15 is 0 Å². The highest BCUT2D eigenvalue weighted by molar-refractivity contribution is 7.15. The molecule has 0 aliphatic heterocycles. The summed E-state index contributed by atoms with van der Waals surface area (Å²) in [5.74, 6) is 0. The number of rotatable bonds is 8. The number of anilines is 1. The standard InChI is InChI=1S/C13H23N3OS/c1-4-16(10(2)9-17-3)13-15-8-12(18-13)7-14-11-5-6-11/h8,10-11,14H,4-7,9H2,1-3H3. The fraction of sp³-hybridized carbons (Fsp3) is 0.769. The Kier molecular flexibility index (Phi) is 4.97. The maximum atomic E-state index is 5.22. The Labute approximate surface area is 113 Å². The van der Waals surface area contributed by atoms with Crippen molar-refractivity contribution in [3.05, 3.63) is 11.1 Å². The Morgan fingerprint density at radius 3 is 3.00 bits per heavy atom. The van der Waals surface area contributed by atoms with Crippen LogP contribution in [0.5, 0.6) is 0 Å². The van der Waals surface area contributed by atoms with E-state index in [1.165, 1.54) is 17.7 Å². The maximum Gasteiger partial charge on any atom is 0.185 e. The zero-order chi connectivity index (χ0) is 13.0. The molecular weight excluding hydrogens is 246 g/mol. The molecule has 0 bridgehead atoms. The van der Waals surface area contributed by atoms with Gasteiger partial charge in [0, 0.05) is 37.3 Å². The predicted octanol–water partition coefficient (Wildman–Crippen LogP) is 2.26. The second kappa shape index (κ2) is 6.50. The zero-order valence-corrected chi connectivity index (χ0v) is 12.3. The van der Waals surface area contributed by atoms with Crippen LogP contribution in [0.2, 0.25) is 0 Å². The van der Waals surface area contributed by atoms with Gasteiger partial charge in [0.1, 0.15) is 0 Å². The zero-order valence-electron chi connectivity index (χ0n) is 11.5. The molecule has 1 fully saturated rings. The number of thiazole rings is 1. The number of ether oxygens (including phenoxy) is 1. The molecule has 1 unspecified atom stereocenters. The number of nitrogens with one attached hydrogen (secondary N) is 1. The fourth-order valence-electron chi connectivity index (χ4n) is 2.01. The highest BCUT2D eigenvalue weighted by Crippen LogP contribution is 2.25. The van der Waals surface area contributed by atoms with Gasteiger partial charge in [-0.05, 0) is 26.7 Å². The Balaban J connectivity index is 1.92. The number of aromatic nitrogens is 1. The molecule has 5 heteroatoms. The first-order chi connectivity index (χ1) is 8.74. The summed E-state index contributed by atoms with van der Waals surface area (Å²) in [7, 11) is 1.75. The molecular formula is C13H23N3OS. The van der Waals surface area contributed by atoms with Crippen LogP contribution in [-0.2, 0) is 11.3 Å². The predicted molar refractivity (Wildman–Crippen MR) is 76.3 cm³/mol. The minimum atomic E-state index is 0.371. The normalized spacial score (nSPS) is 16.8. The average Bonchev–Trinajstić information content (AvgIpc) is 3.08. The third kappa shape index (κ3) is 3.67. The third-order valence-electron chi connectivity index (χ3n) is 3.21. The van der Waals surface area contributed by atoms with E-state index in [9.17, 15) is 0 Å². The van der Waals surface area contributed by atoms with E-state index in [0.29, 0.717) is 6.04 Å². The van der Waals surface area contributed by atoms with Crippen LogP contribution in [0.1, 0.15) is 31.6 Å². The molecule has 1 aliphatic rings. The fourth-order valence-corrected chi connectivity index (χ4v) is 3.04. The molecule has 1 aromatic heterocycles. The molecule has 1 saturated carbocycles. The molecule has 1 aliphatic carbocycles. The molecule has 0 radical (unpaired) electrons.